The fraction of sp³-hybridized carbons (Fsp3) is 0.350. The number of carbonyl (C=O) groups is 1. The Labute approximate surface area is 142 Å². The van der Waals surface area contributed by atoms with Gasteiger partial charge in [0.1, 0.15) is 17.9 Å². The summed E-state index contributed by atoms with van der Waals surface area (Å²) in [5, 5.41) is 10.0. The summed E-state index contributed by atoms with van der Waals surface area (Å²) in [6.07, 6.45) is 1.90. The number of hydrogen-bond acceptors (Lipinski definition) is 4. The lowest BCUT2D eigenvalue weighted by Gasteiger charge is -2.20. The maximum Gasteiger partial charge on any atom is 0.342 e. The highest BCUT2D eigenvalue weighted by molar-refractivity contribution is 5.93. The molecule has 0 atom stereocenters. The molecule has 1 N–H and O–H groups in total. The van der Waals surface area contributed by atoms with Crippen LogP contribution in [0.1, 0.15) is 48.7 Å². The van der Waals surface area contributed by atoms with Crippen LogP contribution in [-0.2, 0) is 17.8 Å². The molecule has 0 unspecified atom stereocenters. The molecular formula is C20H22O4. The summed E-state index contributed by atoms with van der Waals surface area (Å²) in [6.45, 7) is 6.65. The van der Waals surface area contributed by atoms with Crippen LogP contribution in [0.4, 0.5) is 0 Å². The molecule has 0 aromatic heterocycles. The summed E-state index contributed by atoms with van der Waals surface area (Å²) in [5.41, 5.74) is 2.34. The van der Waals surface area contributed by atoms with Gasteiger partial charge in [-0.15, -0.1) is 0 Å². The van der Waals surface area contributed by atoms with Crippen LogP contribution in [0.3, 0.4) is 0 Å². The van der Waals surface area contributed by atoms with E-state index in [1.165, 1.54) is 0 Å². The number of carbonyl (C=O) groups excluding carboxylic acids is 1. The van der Waals surface area contributed by atoms with E-state index >= 15 is 0 Å². The average molecular weight is 326 g/mol. The second-order valence-corrected chi connectivity index (χ2v) is 7.33. The third-order valence-electron chi connectivity index (χ3n) is 4.07. The van der Waals surface area contributed by atoms with Crippen LogP contribution in [-0.4, -0.2) is 11.1 Å². The van der Waals surface area contributed by atoms with E-state index in [2.05, 4.69) is 20.8 Å². The zero-order valence-corrected chi connectivity index (χ0v) is 14.3. The molecule has 0 radical (unpaired) electrons. The van der Waals surface area contributed by atoms with Gasteiger partial charge in [-0.2, -0.15) is 0 Å². The van der Waals surface area contributed by atoms with Gasteiger partial charge in [0.15, 0.2) is 11.5 Å². The van der Waals surface area contributed by atoms with E-state index in [0.717, 1.165) is 18.4 Å². The third kappa shape index (κ3) is 3.53. The molecular weight excluding hydrogens is 304 g/mol. The van der Waals surface area contributed by atoms with Crippen molar-refractivity contribution in [2.45, 2.75) is 40.2 Å². The first kappa shape index (κ1) is 16.4. The van der Waals surface area contributed by atoms with E-state index < -0.39 is 5.97 Å². The molecule has 0 saturated heterocycles. The number of rotatable bonds is 2. The normalized spacial score (nSPS) is 13.9. The topological polar surface area (TPSA) is 55.8 Å². The monoisotopic (exact) mass is 326 g/mol. The fourth-order valence-corrected chi connectivity index (χ4v) is 2.63. The second kappa shape index (κ2) is 6.19. The molecule has 1 heterocycles. The van der Waals surface area contributed by atoms with Crippen LogP contribution >= 0.6 is 0 Å². The highest BCUT2D eigenvalue weighted by Gasteiger charge is 2.22. The molecule has 4 heteroatoms. The standard InChI is InChI=1S/C20H22O4/c1-20(2,3)10-9-13-7-8-17-15(11-13)19(22)23-12-14-5-4-6-16(21)18(14)24-17/h4-8,11,21H,9-10,12H2,1-3H3. The first-order valence-electron chi connectivity index (χ1n) is 8.12. The number of para-hydroxylation sites is 1. The van der Waals surface area contributed by atoms with Crippen LogP contribution in [0.5, 0.6) is 17.2 Å². The van der Waals surface area contributed by atoms with Crippen molar-refractivity contribution >= 4 is 5.97 Å². The van der Waals surface area contributed by atoms with Gasteiger partial charge in [0.2, 0.25) is 0 Å². The zero-order chi connectivity index (χ0) is 17.3. The third-order valence-corrected chi connectivity index (χ3v) is 4.07. The number of aromatic hydroxyl groups is 1. The summed E-state index contributed by atoms with van der Waals surface area (Å²) in [4.78, 5) is 12.3. The Kier molecular flexibility index (Phi) is 4.22. The van der Waals surface area contributed by atoms with Crippen molar-refractivity contribution in [2.24, 2.45) is 5.41 Å². The first-order valence-corrected chi connectivity index (χ1v) is 8.12. The largest absolute Gasteiger partial charge is 0.504 e. The number of benzene rings is 2. The van der Waals surface area contributed by atoms with Gasteiger partial charge in [0.25, 0.3) is 0 Å². The van der Waals surface area contributed by atoms with Crippen LogP contribution < -0.4 is 4.74 Å². The Hall–Kier alpha value is -2.49. The quantitative estimate of drug-likeness (QED) is 0.803. The lowest BCUT2D eigenvalue weighted by molar-refractivity contribution is 0.0459. The van der Waals surface area contributed by atoms with Gasteiger partial charge >= 0.3 is 5.97 Å². The second-order valence-electron chi connectivity index (χ2n) is 7.33. The van der Waals surface area contributed by atoms with Crippen molar-refractivity contribution in [2.75, 3.05) is 0 Å². The van der Waals surface area contributed by atoms with Crippen LogP contribution in [0, 0.1) is 5.41 Å². The van der Waals surface area contributed by atoms with E-state index in [-0.39, 0.29) is 17.8 Å². The smallest absolute Gasteiger partial charge is 0.342 e. The Morgan fingerprint density at radius 1 is 1.17 bits per heavy atom. The summed E-state index contributed by atoms with van der Waals surface area (Å²) in [5.74, 6) is 0.375. The number of cyclic esters (lactones) is 1. The van der Waals surface area contributed by atoms with E-state index in [0.29, 0.717) is 22.6 Å². The van der Waals surface area contributed by atoms with Gasteiger partial charge < -0.3 is 14.6 Å². The van der Waals surface area contributed by atoms with Crippen molar-refractivity contribution in [3.8, 4) is 17.2 Å². The summed E-state index contributed by atoms with van der Waals surface area (Å²) < 4.78 is 11.2. The van der Waals surface area contributed by atoms with E-state index in [9.17, 15) is 9.90 Å². The van der Waals surface area contributed by atoms with Crippen molar-refractivity contribution < 1.29 is 19.4 Å². The molecule has 0 saturated carbocycles. The van der Waals surface area contributed by atoms with Crippen LogP contribution in [0.25, 0.3) is 0 Å². The molecule has 0 spiro atoms. The van der Waals surface area contributed by atoms with Gasteiger partial charge in [0, 0.05) is 5.56 Å². The van der Waals surface area contributed by atoms with Crippen LogP contribution in [0.2, 0.25) is 0 Å². The molecule has 0 bridgehead atoms. The number of phenols is 1. The van der Waals surface area contributed by atoms with E-state index in [1.54, 1.807) is 24.3 Å². The Morgan fingerprint density at radius 2 is 1.96 bits per heavy atom. The molecule has 3 rings (SSSR count). The molecule has 2 aromatic carbocycles. The molecule has 0 fully saturated rings. The van der Waals surface area contributed by atoms with Crippen molar-refractivity contribution in [1.82, 2.24) is 0 Å². The minimum atomic E-state index is -0.406. The van der Waals surface area contributed by atoms with Gasteiger partial charge in [-0.3, -0.25) is 0 Å². The van der Waals surface area contributed by atoms with Gasteiger partial charge in [0.05, 0.1) is 0 Å². The first-order chi connectivity index (χ1) is 11.3. The molecule has 2 aromatic rings. The van der Waals surface area contributed by atoms with Crippen molar-refractivity contribution in [3.05, 3.63) is 53.1 Å². The van der Waals surface area contributed by atoms with Gasteiger partial charge in [-0.05, 0) is 42.0 Å². The number of hydrogen-bond donors (Lipinski definition) is 1. The summed E-state index contributed by atoms with van der Waals surface area (Å²) in [6, 6.07) is 10.6. The Bertz CT molecular complexity index is 772. The number of fused-ring (bicyclic) bond motifs is 2. The van der Waals surface area contributed by atoms with E-state index in [1.807, 2.05) is 12.1 Å². The summed E-state index contributed by atoms with van der Waals surface area (Å²) in [7, 11) is 0. The highest BCUT2D eigenvalue weighted by Crippen LogP contribution is 2.38. The average Bonchev–Trinajstić information content (AvgIpc) is 2.51. The van der Waals surface area contributed by atoms with Crippen molar-refractivity contribution in [3.63, 3.8) is 0 Å². The highest BCUT2D eigenvalue weighted by atomic mass is 16.5. The maximum atomic E-state index is 12.3. The summed E-state index contributed by atoms with van der Waals surface area (Å²) >= 11 is 0. The molecule has 1 aliphatic heterocycles. The zero-order valence-electron chi connectivity index (χ0n) is 14.3. The minimum Gasteiger partial charge on any atom is -0.504 e. The predicted molar refractivity (Wildman–Crippen MR) is 91.5 cm³/mol. The van der Waals surface area contributed by atoms with Gasteiger partial charge in [-0.1, -0.05) is 39.0 Å². The van der Waals surface area contributed by atoms with Crippen LogP contribution in [0.15, 0.2) is 36.4 Å². The minimum absolute atomic E-state index is 0.0354. The number of aryl methyl sites for hydroxylation is 1. The van der Waals surface area contributed by atoms with E-state index in [4.69, 9.17) is 9.47 Å². The molecule has 126 valence electrons. The lowest BCUT2D eigenvalue weighted by atomic mass is 9.88. The maximum absolute atomic E-state index is 12.3. The SMILES string of the molecule is CC(C)(C)CCc1ccc2c(c1)C(=O)OCc1cccc(O)c1O2. The van der Waals surface area contributed by atoms with Crippen molar-refractivity contribution in [1.29, 1.82) is 0 Å². The Morgan fingerprint density at radius 3 is 2.71 bits per heavy atom. The number of esters is 1. The molecule has 1 aliphatic rings. The number of phenolic OH excluding ortho intramolecular Hbond substituents is 1. The van der Waals surface area contributed by atoms with Gasteiger partial charge in [-0.25, -0.2) is 4.79 Å². The fourth-order valence-electron chi connectivity index (χ4n) is 2.63. The molecule has 0 aliphatic carbocycles. The molecule has 24 heavy (non-hydrogen) atoms. The molecule has 4 nitrogen and oxygen atoms in total. The Balaban J connectivity index is 1.94. The predicted octanol–water partition coefficient (Wildman–Crippen LogP) is 4.83. The lowest BCUT2D eigenvalue weighted by Crippen LogP contribution is -2.12. The number of ether oxygens (including phenoxy) is 2. The molecule has 0 amide bonds.